The van der Waals surface area contributed by atoms with E-state index in [1.807, 2.05) is 30.3 Å². The van der Waals surface area contributed by atoms with Gasteiger partial charge in [0.2, 0.25) is 0 Å². The van der Waals surface area contributed by atoms with Gasteiger partial charge in [-0.3, -0.25) is 4.79 Å². The number of amides is 1. The number of carbonyl (C=O) groups is 2. The van der Waals surface area contributed by atoms with E-state index in [1.54, 1.807) is 4.90 Å². The number of likely N-dealkylation sites (tertiary alicyclic amines) is 1. The standard InChI is InChI=1S/C19H25NO4/c21-18(22)16-10-11-20(12-17(16)15-8-4-5-9-15)19(23)24-13-14-6-2-1-3-7-14/h1-3,6-7,15-17H,4-5,8-13H2,(H,21,22)/t16-,17-/m1/s1. The molecule has 0 aromatic heterocycles. The average Bonchev–Trinajstić information content (AvgIpc) is 3.14. The molecule has 1 heterocycles. The molecule has 2 aliphatic rings. The minimum absolute atomic E-state index is 0.0584. The largest absolute Gasteiger partial charge is 0.481 e. The minimum atomic E-state index is -0.718. The first-order valence-electron chi connectivity index (χ1n) is 8.83. The topological polar surface area (TPSA) is 66.8 Å². The number of aliphatic carboxylic acids is 1. The highest BCUT2D eigenvalue weighted by atomic mass is 16.6. The Morgan fingerprint density at radius 3 is 2.50 bits per heavy atom. The number of carbonyl (C=O) groups excluding carboxylic acids is 1. The van der Waals surface area contributed by atoms with Crippen LogP contribution in [0.25, 0.3) is 0 Å². The van der Waals surface area contributed by atoms with Crippen molar-refractivity contribution < 1.29 is 19.4 Å². The summed E-state index contributed by atoms with van der Waals surface area (Å²) in [7, 11) is 0. The molecule has 0 bridgehead atoms. The lowest BCUT2D eigenvalue weighted by atomic mass is 9.76. The van der Waals surface area contributed by atoms with Crippen molar-refractivity contribution in [3.8, 4) is 0 Å². The summed E-state index contributed by atoms with van der Waals surface area (Å²) < 4.78 is 5.41. The Balaban J connectivity index is 1.59. The third-order valence-electron chi connectivity index (χ3n) is 5.44. The van der Waals surface area contributed by atoms with Crippen LogP contribution in [0.15, 0.2) is 30.3 Å². The van der Waals surface area contributed by atoms with Crippen LogP contribution >= 0.6 is 0 Å². The second kappa shape index (κ2) is 7.69. The lowest BCUT2D eigenvalue weighted by Crippen LogP contribution is -2.48. The quantitative estimate of drug-likeness (QED) is 0.916. The Hall–Kier alpha value is -2.04. The van der Waals surface area contributed by atoms with Crippen LogP contribution in [0.4, 0.5) is 4.79 Å². The van der Waals surface area contributed by atoms with Gasteiger partial charge in [-0.05, 0) is 23.8 Å². The third kappa shape index (κ3) is 3.89. The monoisotopic (exact) mass is 331 g/mol. The maximum atomic E-state index is 12.4. The summed E-state index contributed by atoms with van der Waals surface area (Å²) in [5.41, 5.74) is 0.957. The van der Waals surface area contributed by atoms with Crippen LogP contribution in [-0.4, -0.2) is 35.2 Å². The van der Waals surface area contributed by atoms with Gasteiger partial charge in [0.15, 0.2) is 0 Å². The summed E-state index contributed by atoms with van der Waals surface area (Å²) in [5.74, 6) is -0.561. The molecular weight excluding hydrogens is 306 g/mol. The van der Waals surface area contributed by atoms with Crippen molar-refractivity contribution >= 4 is 12.1 Å². The first-order chi connectivity index (χ1) is 11.6. The van der Waals surface area contributed by atoms with Gasteiger partial charge in [-0.25, -0.2) is 4.79 Å². The fourth-order valence-corrected chi connectivity index (χ4v) is 4.13. The van der Waals surface area contributed by atoms with Crippen LogP contribution < -0.4 is 0 Å². The second-order valence-corrected chi connectivity index (χ2v) is 6.93. The molecule has 0 spiro atoms. The van der Waals surface area contributed by atoms with Gasteiger partial charge >= 0.3 is 12.1 Å². The normalized spacial score (nSPS) is 24.8. The van der Waals surface area contributed by atoms with Crippen molar-refractivity contribution in [2.75, 3.05) is 13.1 Å². The number of hydrogen-bond donors (Lipinski definition) is 1. The van der Waals surface area contributed by atoms with Gasteiger partial charge in [0, 0.05) is 13.1 Å². The maximum absolute atomic E-state index is 12.4. The molecule has 2 fully saturated rings. The van der Waals surface area contributed by atoms with Crippen LogP contribution in [0.3, 0.4) is 0 Å². The van der Waals surface area contributed by atoms with Crippen molar-refractivity contribution in [1.82, 2.24) is 4.90 Å². The predicted octanol–water partition coefficient (Wildman–Crippen LogP) is 3.54. The second-order valence-electron chi connectivity index (χ2n) is 6.93. The van der Waals surface area contributed by atoms with Crippen LogP contribution in [0.1, 0.15) is 37.7 Å². The molecule has 130 valence electrons. The molecule has 1 aromatic carbocycles. The number of ether oxygens (including phenoxy) is 1. The fraction of sp³-hybridized carbons (Fsp3) is 0.579. The molecule has 2 atom stereocenters. The van der Waals surface area contributed by atoms with Crippen molar-refractivity contribution in [3.63, 3.8) is 0 Å². The highest BCUT2D eigenvalue weighted by molar-refractivity contribution is 5.72. The maximum Gasteiger partial charge on any atom is 0.410 e. The van der Waals surface area contributed by atoms with Crippen LogP contribution in [0.5, 0.6) is 0 Å². The summed E-state index contributed by atoms with van der Waals surface area (Å²) in [6.07, 6.45) is 4.71. The predicted molar refractivity (Wildman–Crippen MR) is 89.4 cm³/mol. The number of carboxylic acids is 1. The van der Waals surface area contributed by atoms with Crippen LogP contribution in [0.2, 0.25) is 0 Å². The molecule has 0 radical (unpaired) electrons. The smallest absolute Gasteiger partial charge is 0.410 e. The Labute approximate surface area is 142 Å². The number of benzene rings is 1. The lowest BCUT2D eigenvalue weighted by Gasteiger charge is -2.39. The van der Waals surface area contributed by atoms with Gasteiger partial charge in [-0.2, -0.15) is 0 Å². The molecule has 1 aliphatic carbocycles. The summed E-state index contributed by atoms with van der Waals surface area (Å²) in [6, 6.07) is 9.60. The molecule has 5 heteroatoms. The van der Waals surface area contributed by atoms with Crippen LogP contribution in [-0.2, 0) is 16.1 Å². The number of carboxylic acid groups (broad SMARTS) is 1. The number of rotatable bonds is 4. The zero-order valence-corrected chi connectivity index (χ0v) is 13.9. The van der Waals surface area contributed by atoms with Gasteiger partial charge in [0.05, 0.1) is 5.92 Å². The molecule has 1 saturated carbocycles. The van der Waals surface area contributed by atoms with Gasteiger partial charge < -0.3 is 14.7 Å². The lowest BCUT2D eigenvalue weighted by molar-refractivity contribution is -0.146. The summed E-state index contributed by atoms with van der Waals surface area (Å²) in [5, 5.41) is 9.51. The molecule has 0 unspecified atom stereocenters. The zero-order valence-electron chi connectivity index (χ0n) is 13.9. The van der Waals surface area contributed by atoms with Gasteiger partial charge in [0.25, 0.3) is 0 Å². The fourth-order valence-electron chi connectivity index (χ4n) is 4.13. The van der Waals surface area contributed by atoms with E-state index in [-0.39, 0.29) is 24.5 Å². The van der Waals surface area contributed by atoms with Gasteiger partial charge in [-0.1, -0.05) is 56.0 Å². The molecule has 1 aliphatic heterocycles. The van der Waals surface area contributed by atoms with E-state index < -0.39 is 5.97 Å². The van der Waals surface area contributed by atoms with Crippen molar-refractivity contribution in [1.29, 1.82) is 0 Å². The van der Waals surface area contributed by atoms with E-state index in [4.69, 9.17) is 4.74 Å². The van der Waals surface area contributed by atoms with Crippen molar-refractivity contribution in [2.45, 2.75) is 38.7 Å². The van der Waals surface area contributed by atoms with E-state index in [0.717, 1.165) is 18.4 Å². The first kappa shape index (κ1) is 16.8. The first-order valence-corrected chi connectivity index (χ1v) is 8.83. The zero-order chi connectivity index (χ0) is 16.9. The highest BCUT2D eigenvalue weighted by Gasteiger charge is 2.41. The molecule has 3 rings (SSSR count). The minimum Gasteiger partial charge on any atom is -0.481 e. The Bertz CT molecular complexity index is 568. The molecule has 1 aromatic rings. The van der Waals surface area contributed by atoms with Crippen LogP contribution in [0, 0.1) is 17.8 Å². The number of hydrogen-bond acceptors (Lipinski definition) is 3. The molecule has 5 nitrogen and oxygen atoms in total. The highest BCUT2D eigenvalue weighted by Crippen LogP contribution is 2.39. The summed E-state index contributed by atoms with van der Waals surface area (Å²) in [6.45, 7) is 1.23. The van der Waals surface area contributed by atoms with E-state index in [1.165, 1.54) is 12.8 Å². The molecular formula is C19H25NO4. The Morgan fingerprint density at radius 2 is 1.83 bits per heavy atom. The van der Waals surface area contributed by atoms with E-state index in [2.05, 4.69) is 0 Å². The number of piperidine rings is 1. The summed E-state index contributed by atoms with van der Waals surface area (Å²) in [4.78, 5) is 25.6. The van der Waals surface area contributed by atoms with E-state index >= 15 is 0 Å². The molecule has 1 amide bonds. The van der Waals surface area contributed by atoms with Gasteiger partial charge in [-0.15, -0.1) is 0 Å². The molecule has 1 N–H and O–H groups in total. The molecule has 1 saturated heterocycles. The summed E-state index contributed by atoms with van der Waals surface area (Å²) >= 11 is 0. The Morgan fingerprint density at radius 1 is 1.12 bits per heavy atom. The van der Waals surface area contributed by atoms with E-state index in [9.17, 15) is 14.7 Å². The number of nitrogens with zero attached hydrogens (tertiary/aromatic N) is 1. The average molecular weight is 331 g/mol. The van der Waals surface area contributed by atoms with Gasteiger partial charge in [0.1, 0.15) is 6.61 Å². The Kier molecular flexibility index (Phi) is 5.38. The third-order valence-corrected chi connectivity index (χ3v) is 5.44. The SMILES string of the molecule is O=C(O)[C@@H]1CCN(C(=O)OCc2ccccc2)C[C@@H]1C1CCCC1. The molecule has 24 heavy (non-hydrogen) atoms. The van der Waals surface area contributed by atoms with E-state index in [0.29, 0.717) is 25.4 Å². The van der Waals surface area contributed by atoms with Crippen molar-refractivity contribution in [2.24, 2.45) is 17.8 Å². The van der Waals surface area contributed by atoms with Crippen molar-refractivity contribution in [3.05, 3.63) is 35.9 Å².